The molecule has 3 rings (SSSR count). The van der Waals surface area contributed by atoms with Gasteiger partial charge in [0, 0.05) is 6.54 Å². The van der Waals surface area contributed by atoms with Gasteiger partial charge in [0.1, 0.15) is 10.7 Å². The molecule has 2 aromatic carbocycles. The lowest BCUT2D eigenvalue weighted by molar-refractivity contribution is -0.122. The van der Waals surface area contributed by atoms with Crippen LogP contribution in [0.25, 0.3) is 0 Å². The third-order valence-corrected chi connectivity index (χ3v) is 5.33. The minimum atomic E-state index is -4.15. The molecule has 0 unspecified atom stereocenters. The molecule has 0 aliphatic carbocycles. The van der Waals surface area contributed by atoms with Gasteiger partial charge < -0.3 is 14.8 Å². The number of sulfonamides is 1. The first-order valence-corrected chi connectivity index (χ1v) is 9.28. The zero-order valence-corrected chi connectivity index (χ0v) is 14.7. The number of rotatable bonds is 6. The van der Waals surface area contributed by atoms with Crippen molar-refractivity contribution in [3.05, 3.63) is 53.8 Å². The number of carbonyl (C=O) groups is 1. The van der Waals surface area contributed by atoms with Gasteiger partial charge in [-0.2, -0.15) is 4.72 Å². The molecule has 0 aromatic heterocycles. The first-order valence-electron chi connectivity index (χ1n) is 7.80. The van der Waals surface area contributed by atoms with Crippen molar-refractivity contribution in [2.45, 2.75) is 24.4 Å². The van der Waals surface area contributed by atoms with Gasteiger partial charge in [-0.1, -0.05) is 18.2 Å². The molecular formula is C17H17FN2O5S. The highest BCUT2D eigenvalue weighted by molar-refractivity contribution is 7.89. The normalized spacial score (nSPS) is 14.1. The Morgan fingerprint density at radius 1 is 1.19 bits per heavy atom. The number of nitrogens with one attached hydrogen (secondary N) is 2. The Labute approximate surface area is 150 Å². The molecule has 1 aliphatic rings. The Morgan fingerprint density at radius 2 is 1.92 bits per heavy atom. The van der Waals surface area contributed by atoms with Gasteiger partial charge in [0.05, 0.1) is 6.04 Å². The molecule has 0 saturated heterocycles. The van der Waals surface area contributed by atoms with Gasteiger partial charge in [-0.15, -0.1) is 0 Å². The Hall–Kier alpha value is -2.65. The van der Waals surface area contributed by atoms with Gasteiger partial charge in [0.15, 0.2) is 11.5 Å². The van der Waals surface area contributed by atoms with E-state index in [0.717, 1.165) is 17.7 Å². The van der Waals surface area contributed by atoms with E-state index in [2.05, 4.69) is 10.0 Å². The van der Waals surface area contributed by atoms with Gasteiger partial charge in [-0.25, -0.2) is 12.8 Å². The van der Waals surface area contributed by atoms with Gasteiger partial charge in [0.2, 0.25) is 22.7 Å². The van der Waals surface area contributed by atoms with Crippen LogP contribution in [0.15, 0.2) is 47.4 Å². The van der Waals surface area contributed by atoms with E-state index in [0.29, 0.717) is 11.5 Å². The summed E-state index contributed by atoms with van der Waals surface area (Å²) in [4.78, 5) is 11.7. The minimum Gasteiger partial charge on any atom is -0.454 e. The number of amides is 1. The van der Waals surface area contributed by atoms with E-state index in [1.54, 1.807) is 18.2 Å². The predicted molar refractivity (Wildman–Crippen MR) is 90.6 cm³/mol. The maximum Gasteiger partial charge on any atom is 0.244 e. The number of carbonyl (C=O) groups excluding carboxylic acids is 1. The molecular weight excluding hydrogens is 363 g/mol. The molecule has 138 valence electrons. The van der Waals surface area contributed by atoms with Gasteiger partial charge in [0.25, 0.3) is 0 Å². The molecule has 0 radical (unpaired) electrons. The van der Waals surface area contributed by atoms with E-state index >= 15 is 0 Å². The Morgan fingerprint density at radius 3 is 2.69 bits per heavy atom. The van der Waals surface area contributed by atoms with Crippen molar-refractivity contribution < 1.29 is 27.1 Å². The van der Waals surface area contributed by atoms with E-state index in [1.165, 1.54) is 19.1 Å². The van der Waals surface area contributed by atoms with E-state index in [1.807, 2.05) is 0 Å². The summed E-state index contributed by atoms with van der Waals surface area (Å²) in [6, 6.07) is 9.12. The van der Waals surface area contributed by atoms with Crippen LogP contribution in [-0.4, -0.2) is 27.2 Å². The first kappa shape index (κ1) is 18.2. The number of hydrogen-bond acceptors (Lipinski definition) is 5. The van der Waals surface area contributed by atoms with Crippen LogP contribution in [0.5, 0.6) is 11.5 Å². The summed E-state index contributed by atoms with van der Waals surface area (Å²) >= 11 is 0. The summed E-state index contributed by atoms with van der Waals surface area (Å²) < 4.78 is 50.7. The van der Waals surface area contributed by atoms with Crippen molar-refractivity contribution >= 4 is 15.9 Å². The maximum absolute atomic E-state index is 13.7. The maximum atomic E-state index is 13.7. The number of halogens is 1. The second kappa shape index (κ2) is 7.30. The molecule has 0 saturated carbocycles. The summed E-state index contributed by atoms with van der Waals surface area (Å²) in [6.45, 7) is 1.72. The smallest absolute Gasteiger partial charge is 0.244 e. The van der Waals surface area contributed by atoms with E-state index < -0.39 is 32.7 Å². The van der Waals surface area contributed by atoms with Crippen LogP contribution in [0.1, 0.15) is 12.5 Å². The minimum absolute atomic E-state index is 0.153. The van der Waals surface area contributed by atoms with Crippen LogP contribution in [0.4, 0.5) is 4.39 Å². The molecule has 7 nitrogen and oxygen atoms in total. The quantitative estimate of drug-likeness (QED) is 0.793. The first-order chi connectivity index (χ1) is 12.4. The lowest BCUT2D eigenvalue weighted by Gasteiger charge is -2.15. The van der Waals surface area contributed by atoms with Crippen LogP contribution in [0.3, 0.4) is 0 Å². The molecule has 2 aromatic rings. The molecule has 1 heterocycles. The predicted octanol–water partition coefficient (Wildman–Crippen LogP) is 1.54. The van der Waals surface area contributed by atoms with Crippen molar-refractivity contribution in [1.82, 2.24) is 10.0 Å². The Bertz CT molecular complexity index is 933. The Kier molecular flexibility index (Phi) is 5.10. The highest BCUT2D eigenvalue weighted by atomic mass is 32.2. The summed E-state index contributed by atoms with van der Waals surface area (Å²) in [6.07, 6.45) is 0. The largest absolute Gasteiger partial charge is 0.454 e. The molecule has 0 fully saturated rings. The monoisotopic (exact) mass is 380 g/mol. The second-order valence-electron chi connectivity index (χ2n) is 5.68. The lowest BCUT2D eigenvalue weighted by Crippen LogP contribution is -2.44. The van der Waals surface area contributed by atoms with Crippen molar-refractivity contribution in [3.8, 4) is 11.5 Å². The van der Waals surface area contributed by atoms with Crippen LogP contribution < -0.4 is 19.5 Å². The van der Waals surface area contributed by atoms with Gasteiger partial charge in [-0.05, 0) is 36.8 Å². The highest BCUT2D eigenvalue weighted by Gasteiger charge is 2.24. The standard InChI is InChI=1S/C17H17FN2O5S/c1-11(20-26(22,23)16-5-3-2-4-13(16)18)17(21)19-9-12-6-7-14-15(8-12)25-10-24-14/h2-8,11,20H,9-10H2,1H3,(H,19,21)/t11-/m1/s1. The fraction of sp³-hybridized carbons (Fsp3) is 0.235. The van der Waals surface area contributed by atoms with E-state index in [9.17, 15) is 17.6 Å². The summed E-state index contributed by atoms with van der Waals surface area (Å²) in [5.41, 5.74) is 0.770. The number of hydrogen-bond donors (Lipinski definition) is 2. The molecule has 1 aliphatic heterocycles. The van der Waals surface area contributed by atoms with E-state index in [-0.39, 0.29) is 13.3 Å². The van der Waals surface area contributed by atoms with E-state index in [4.69, 9.17) is 9.47 Å². The van der Waals surface area contributed by atoms with Crippen molar-refractivity contribution in [1.29, 1.82) is 0 Å². The average molecular weight is 380 g/mol. The molecule has 0 spiro atoms. The zero-order chi connectivity index (χ0) is 18.7. The summed E-state index contributed by atoms with van der Waals surface area (Å²) in [7, 11) is -4.15. The molecule has 1 amide bonds. The topological polar surface area (TPSA) is 93.7 Å². The van der Waals surface area contributed by atoms with Crippen molar-refractivity contribution in [2.24, 2.45) is 0 Å². The zero-order valence-electron chi connectivity index (χ0n) is 13.9. The third kappa shape index (κ3) is 3.94. The average Bonchev–Trinajstić information content (AvgIpc) is 3.07. The summed E-state index contributed by atoms with van der Waals surface area (Å²) in [5, 5.41) is 2.62. The lowest BCUT2D eigenvalue weighted by atomic mass is 10.2. The molecule has 26 heavy (non-hydrogen) atoms. The molecule has 2 N–H and O–H groups in total. The fourth-order valence-electron chi connectivity index (χ4n) is 2.41. The highest BCUT2D eigenvalue weighted by Crippen LogP contribution is 2.32. The second-order valence-corrected chi connectivity index (χ2v) is 7.36. The van der Waals surface area contributed by atoms with Gasteiger partial charge in [-0.3, -0.25) is 4.79 Å². The number of ether oxygens (including phenoxy) is 2. The van der Waals surface area contributed by atoms with Crippen LogP contribution >= 0.6 is 0 Å². The van der Waals surface area contributed by atoms with Crippen LogP contribution in [-0.2, 0) is 21.4 Å². The van der Waals surface area contributed by atoms with Gasteiger partial charge >= 0.3 is 0 Å². The molecule has 0 bridgehead atoms. The number of fused-ring (bicyclic) bond motifs is 1. The van der Waals surface area contributed by atoms with Crippen LogP contribution in [0.2, 0.25) is 0 Å². The summed E-state index contributed by atoms with van der Waals surface area (Å²) in [5.74, 6) is -0.202. The van der Waals surface area contributed by atoms with Crippen molar-refractivity contribution in [2.75, 3.05) is 6.79 Å². The SMILES string of the molecule is C[C@@H](NS(=O)(=O)c1ccccc1F)C(=O)NCc1ccc2c(c1)OCO2. The van der Waals surface area contributed by atoms with Crippen LogP contribution in [0, 0.1) is 5.82 Å². The molecule has 9 heteroatoms. The number of benzene rings is 2. The van der Waals surface area contributed by atoms with Crippen molar-refractivity contribution in [3.63, 3.8) is 0 Å². The fourth-order valence-corrected chi connectivity index (χ4v) is 3.69. The molecule has 1 atom stereocenters. The third-order valence-electron chi connectivity index (χ3n) is 3.76. The Balaban J connectivity index is 1.60.